The van der Waals surface area contributed by atoms with Crippen LogP contribution in [-0.2, 0) is 17.6 Å². The molecule has 0 atom stereocenters. The second kappa shape index (κ2) is 5.44. The zero-order valence-electron chi connectivity index (χ0n) is 11.1. The quantitative estimate of drug-likeness (QED) is 0.609. The normalized spacial score (nSPS) is 13.1. The Hall–Kier alpha value is -0.823. The Kier molecular flexibility index (Phi) is 4.60. The van der Waals surface area contributed by atoms with E-state index in [2.05, 4.69) is 24.7 Å². The minimum atomic E-state index is -4.39. The van der Waals surface area contributed by atoms with E-state index in [1.165, 1.54) is 4.68 Å². The highest BCUT2D eigenvalue weighted by atomic mass is 28.3. The van der Waals surface area contributed by atoms with Gasteiger partial charge in [-0.1, -0.05) is 19.6 Å². The summed E-state index contributed by atoms with van der Waals surface area (Å²) in [5, 5.41) is 3.49. The number of hydrogen-bond acceptors (Lipinski definition) is 2. The van der Waals surface area contributed by atoms with Gasteiger partial charge in [0.1, 0.15) is 6.73 Å². The lowest BCUT2D eigenvalue weighted by molar-refractivity contribution is -0.141. The van der Waals surface area contributed by atoms with Crippen molar-refractivity contribution < 1.29 is 17.9 Å². The van der Waals surface area contributed by atoms with Crippen molar-refractivity contribution in [2.24, 2.45) is 0 Å². The van der Waals surface area contributed by atoms with Crippen molar-refractivity contribution in [3.63, 3.8) is 0 Å². The Bertz CT molecular complexity index is 396. The minimum absolute atomic E-state index is 0.0758. The predicted molar refractivity (Wildman–Crippen MR) is 66.1 cm³/mol. The first-order valence-corrected chi connectivity index (χ1v) is 9.50. The highest BCUT2D eigenvalue weighted by Crippen LogP contribution is 2.28. The standard InChI is InChI=1S/C11H19F3N2OSi/c1-9-7-10(11(12,13)14)15-16(9)8-17-5-6-18(2,3)4/h7H,5-6,8H2,1-4H3. The summed E-state index contributed by atoms with van der Waals surface area (Å²) < 4.78 is 43.9. The van der Waals surface area contributed by atoms with Crippen LogP contribution in [0.15, 0.2) is 6.07 Å². The molecule has 0 aliphatic heterocycles. The van der Waals surface area contributed by atoms with Crippen molar-refractivity contribution in [2.75, 3.05) is 6.61 Å². The average Bonchev–Trinajstić information content (AvgIpc) is 2.53. The third-order valence-corrected chi connectivity index (χ3v) is 4.19. The van der Waals surface area contributed by atoms with Crippen LogP contribution in [-0.4, -0.2) is 24.5 Å². The molecule has 0 amide bonds. The van der Waals surface area contributed by atoms with Gasteiger partial charge in [-0.2, -0.15) is 18.3 Å². The lowest BCUT2D eigenvalue weighted by atomic mass is 10.4. The minimum Gasteiger partial charge on any atom is -0.360 e. The molecule has 18 heavy (non-hydrogen) atoms. The first kappa shape index (κ1) is 15.2. The largest absolute Gasteiger partial charge is 0.435 e. The van der Waals surface area contributed by atoms with Crippen LogP contribution in [0.25, 0.3) is 0 Å². The molecule has 1 rings (SSSR count). The van der Waals surface area contributed by atoms with Gasteiger partial charge in [-0.3, -0.25) is 0 Å². The monoisotopic (exact) mass is 280 g/mol. The third kappa shape index (κ3) is 4.81. The van der Waals surface area contributed by atoms with Crippen LogP contribution in [0.4, 0.5) is 13.2 Å². The van der Waals surface area contributed by atoms with Gasteiger partial charge in [0.2, 0.25) is 0 Å². The van der Waals surface area contributed by atoms with Crippen LogP contribution >= 0.6 is 0 Å². The first-order valence-electron chi connectivity index (χ1n) is 5.79. The van der Waals surface area contributed by atoms with Crippen LogP contribution in [0.1, 0.15) is 11.4 Å². The van der Waals surface area contributed by atoms with Crippen LogP contribution in [0.3, 0.4) is 0 Å². The van der Waals surface area contributed by atoms with Gasteiger partial charge in [-0.15, -0.1) is 0 Å². The van der Waals surface area contributed by atoms with Crippen molar-refractivity contribution in [3.8, 4) is 0 Å². The van der Waals surface area contributed by atoms with Gasteiger partial charge in [0, 0.05) is 20.4 Å². The van der Waals surface area contributed by atoms with Gasteiger partial charge in [0.25, 0.3) is 0 Å². The molecule has 0 fully saturated rings. The Morgan fingerprint density at radius 3 is 2.39 bits per heavy atom. The Labute approximate surface area is 106 Å². The molecule has 0 radical (unpaired) electrons. The highest BCUT2D eigenvalue weighted by Gasteiger charge is 2.34. The molecular formula is C11H19F3N2OSi. The summed E-state index contributed by atoms with van der Waals surface area (Å²) >= 11 is 0. The summed E-state index contributed by atoms with van der Waals surface area (Å²) in [5.74, 6) is 0. The van der Waals surface area contributed by atoms with Crippen molar-refractivity contribution >= 4 is 8.07 Å². The number of hydrogen-bond donors (Lipinski definition) is 0. The predicted octanol–water partition coefficient (Wildman–Crippen LogP) is 3.52. The summed E-state index contributed by atoms with van der Waals surface area (Å²) in [6.45, 7) is 8.89. The molecule has 0 aliphatic rings. The van der Waals surface area contributed by atoms with Gasteiger partial charge in [0.05, 0.1) is 0 Å². The number of alkyl halides is 3. The summed E-state index contributed by atoms with van der Waals surface area (Å²) in [5.41, 5.74) is -0.413. The fraction of sp³-hybridized carbons (Fsp3) is 0.727. The van der Waals surface area contributed by atoms with E-state index in [1.807, 2.05) is 0 Å². The summed E-state index contributed by atoms with van der Waals surface area (Å²) in [4.78, 5) is 0. The van der Waals surface area contributed by atoms with E-state index in [9.17, 15) is 13.2 Å². The molecule has 0 unspecified atom stereocenters. The Morgan fingerprint density at radius 1 is 1.33 bits per heavy atom. The van der Waals surface area contributed by atoms with Crippen LogP contribution < -0.4 is 0 Å². The van der Waals surface area contributed by atoms with E-state index in [0.29, 0.717) is 12.3 Å². The Balaban J connectivity index is 2.51. The molecule has 0 bridgehead atoms. The molecule has 1 aromatic heterocycles. The van der Waals surface area contributed by atoms with Crippen molar-refractivity contribution in [1.29, 1.82) is 0 Å². The molecule has 104 valence electrons. The zero-order chi connectivity index (χ0) is 14.0. The van der Waals surface area contributed by atoms with E-state index in [-0.39, 0.29) is 6.73 Å². The molecule has 0 N–H and O–H groups in total. The smallest absolute Gasteiger partial charge is 0.360 e. The van der Waals surface area contributed by atoms with Crippen LogP contribution in [0, 0.1) is 6.92 Å². The number of ether oxygens (including phenoxy) is 1. The van der Waals surface area contributed by atoms with Gasteiger partial charge in [0.15, 0.2) is 5.69 Å². The Morgan fingerprint density at radius 2 is 1.94 bits per heavy atom. The molecule has 1 aromatic rings. The lowest BCUT2D eigenvalue weighted by Gasteiger charge is -2.15. The molecule has 1 heterocycles. The van der Waals surface area contributed by atoms with Crippen LogP contribution in [0.5, 0.6) is 0 Å². The van der Waals surface area contributed by atoms with Crippen LogP contribution in [0.2, 0.25) is 25.7 Å². The second-order valence-electron chi connectivity index (χ2n) is 5.52. The number of rotatable bonds is 5. The first-order chi connectivity index (χ1) is 8.09. The van der Waals surface area contributed by atoms with Crippen molar-refractivity contribution in [2.45, 2.75) is 45.5 Å². The molecule has 0 aromatic carbocycles. The maximum absolute atomic E-state index is 12.4. The fourth-order valence-corrected chi connectivity index (χ4v) is 2.07. The average molecular weight is 280 g/mol. The fourth-order valence-electron chi connectivity index (χ4n) is 1.31. The van der Waals surface area contributed by atoms with E-state index in [4.69, 9.17) is 4.74 Å². The number of halogens is 3. The van der Waals surface area contributed by atoms with E-state index >= 15 is 0 Å². The number of nitrogens with zero attached hydrogens (tertiary/aromatic N) is 2. The molecule has 0 saturated heterocycles. The summed E-state index contributed by atoms with van der Waals surface area (Å²) in [6.07, 6.45) is -4.39. The molecule has 0 aliphatic carbocycles. The molecule has 0 spiro atoms. The summed E-state index contributed by atoms with van der Waals surface area (Å²) in [6, 6.07) is 2.02. The summed E-state index contributed by atoms with van der Waals surface area (Å²) in [7, 11) is -1.17. The SMILES string of the molecule is Cc1cc(C(F)(F)F)nn1COCC[Si](C)(C)C. The van der Waals surface area contributed by atoms with Gasteiger partial charge < -0.3 is 4.74 Å². The second-order valence-corrected chi connectivity index (χ2v) is 11.1. The van der Waals surface area contributed by atoms with E-state index in [1.54, 1.807) is 6.92 Å². The van der Waals surface area contributed by atoms with E-state index < -0.39 is 19.9 Å². The maximum atomic E-state index is 12.4. The molecule has 0 saturated carbocycles. The third-order valence-electron chi connectivity index (χ3n) is 2.48. The number of aromatic nitrogens is 2. The lowest BCUT2D eigenvalue weighted by Crippen LogP contribution is -2.22. The maximum Gasteiger partial charge on any atom is 0.435 e. The topological polar surface area (TPSA) is 27.1 Å². The van der Waals surface area contributed by atoms with Gasteiger partial charge in [-0.05, 0) is 19.0 Å². The highest BCUT2D eigenvalue weighted by molar-refractivity contribution is 6.76. The van der Waals surface area contributed by atoms with E-state index in [0.717, 1.165) is 12.1 Å². The van der Waals surface area contributed by atoms with Crippen molar-refractivity contribution in [3.05, 3.63) is 17.5 Å². The van der Waals surface area contributed by atoms with Gasteiger partial charge >= 0.3 is 6.18 Å². The molecular weight excluding hydrogens is 261 g/mol. The number of aryl methyl sites for hydroxylation is 1. The van der Waals surface area contributed by atoms with Gasteiger partial charge in [-0.25, -0.2) is 4.68 Å². The molecule has 3 nitrogen and oxygen atoms in total. The molecule has 7 heteroatoms. The van der Waals surface area contributed by atoms with Crippen molar-refractivity contribution in [1.82, 2.24) is 9.78 Å². The zero-order valence-corrected chi connectivity index (χ0v) is 12.1.